The Morgan fingerprint density at radius 3 is 2.17 bits per heavy atom. The molecule has 1 aliphatic heterocycles. The van der Waals surface area contributed by atoms with E-state index in [1.54, 1.807) is 43.8 Å². The number of carbonyl (C=O) groups excluding carboxylic acids is 2. The fraction of sp³-hybridized carbons (Fsp3) is 0.409. The maximum atomic E-state index is 13.1. The lowest BCUT2D eigenvalue weighted by molar-refractivity contribution is -0.134. The van der Waals surface area contributed by atoms with Crippen molar-refractivity contribution in [2.75, 3.05) is 38.2 Å². The van der Waals surface area contributed by atoms with Crippen LogP contribution in [0.4, 0.5) is 5.69 Å². The molecule has 0 aliphatic carbocycles. The van der Waals surface area contributed by atoms with E-state index in [0.717, 1.165) is 18.8 Å². The van der Waals surface area contributed by atoms with Gasteiger partial charge in [0.1, 0.15) is 11.8 Å². The molecule has 2 amide bonds. The van der Waals surface area contributed by atoms with Gasteiger partial charge in [-0.2, -0.15) is 0 Å². The molecule has 1 atom stereocenters. The van der Waals surface area contributed by atoms with Crippen molar-refractivity contribution in [3.63, 3.8) is 0 Å². The maximum Gasteiger partial charge on any atom is 0.251 e. The zero-order valence-corrected chi connectivity index (χ0v) is 17.2. The summed E-state index contributed by atoms with van der Waals surface area (Å²) in [6, 6.07) is 10.3. The van der Waals surface area contributed by atoms with Gasteiger partial charge in [0.25, 0.3) is 5.91 Å². The van der Waals surface area contributed by atoms with Gasteiger partial charge in [-0.05, 0) is 42.3 Å². The van der Waals surface area contributed by atoms with Gasteiger partial charge in [0.05, 0.1) is 7.11 Å². The predicted octanol–water partition coefficient (Wildman–Crippen LogP) is 2.19. The first-order chi connectivity index (χ1) is 14.0. The molecule has 2 aromatic rings. The monoisotopic (exact) mass is 396 g/mol. The molecule has 1 aromatic heterocycles. The van der Waals surface area contributed by atoms with Crippen molar-refractivity contribution in [1.29, 1.82) is 0 Å². The minimum Gasteiger partial charge on any atom is -0.497 e. The summed E-state index contributed by atoms with van der Waals surface area (Å²) in [6.45, 7) is 6.67. The van der Waals surface area contributed by atoms with Crippen LogP contribution in [0.25, 0.3) is 0 Å². The highest BCUT2D eigenvalue weighted by Gasteiger charge is 2.31. The molecule has 1 fully saturated rings. The predicted molar refractivity (Wildman–Crippen MR) is 112 cm³/mol. The molecule has 3 rings (SSSR count). The summed E-state index contributed by atoms with van der Waals surface area (Å²) in [6.07, 6.45) is 3.55. The van der Waals surface area contributed by atoms with Crippen LogP contribution in [0.15, 0.2) is 48.8 Å². The van der Waals surface area contributed by atoms with Crippen LogP contribution in [0.1, 0.15) is 24.2 Å². The lowest BCUT2D eigenvalue weighted by atomic mass is 10.0. The van der Waals surface area contributed by atoms with Crippen molar-refractivity contribution in [3.8, 4) is 5.75 Å². The molecule has 7 heteroatoms. The minimum atomic E-state index is -0.558. The molecular formula is C22H28N4O3. The fourth-order valence-electron chi connectivity index (χ4n) is 3.42. The van der Waals surface area contributed by atoms with Crippen LogP contribution in [0.3, 0.4) is 0 Å². The third kappa shape index (κ3) is 5.04. The molecule has 0 bridgehead atoms. The Balaban J connectivity index is 1.61. The smallest absolute Gasteiger partial charge is 0.251 e. The van der Waals surface area contributed by atoms with Gasteiger partial charge in [-0.25, -0.2) is 0 Å². The number of pyridine rings is 1. The number of rotatable bonds is 6. The van der Waals surface area contributed by atoms with Gasteiger partial charge in [0.15, 0.2) is 0 Å². The Morgan fingerprint density at radius 1 is 1.00 bits per heavy atom. The molecule has 0 radical (unpaired) electrons. The number of nitrogens with zero attached hydrogens (tertiary/aromatic N) is 3. The Bertz CT molecular complexity index is 816. The maximum absolute atomic E-state index is 13.1. The fourth-order valence-corrected chi connectivity index (χ4v) is 3.42. The van der Waals surface area contributed by atoms with E-state index >= 15 is 0 Å². The number of anilines is 1. The van der Waals surface area contributed by atoms with Crippen LogP contribution >= 0.6 is 0 Å². The molecular weight excluding hydrogens is 368 g/mol. The van der Waals surface area contributed by atoms with Crippen LogP contribution in [0, 0.1) is 5.92 Å². The standard InChI is InChI=1S/C22H28N4O3/c1-16(2)20(24-21(27)17-4-6-19(29-3)7-5-17)22(28)26-14-12-25(13-15-26)18-8-10-23-11-9-18/h4-11,16,20H,12-15H2,1-3H3,(H,24,27)/t20-/m0/s1. The van der Waals surface area contributed by atoms with E-state index in [-0.39, 0.29) is 17.7 Å². The van der Waals surface area contributed by atoms with Gasteiger partial charge >= 0.3 is 0 Å². The zero-order chi connectivity index (χ0) is 20.8. The van der Waals surface area contributed by atoms with E-state index in [9.17, 15) is 9.59 Å². The number of ether oxygens (including phenoxy) is 1. The third-order valence-electron chi connectivity index (χ3n) is 5.19. The van der Waals surface area contributed by atoms with Gasteiger partial charge in [-0.15, -0.1) is 0 Å². The van der Waals surface area contributed by atoms with E-state index in [0.29, 0.717) is 24.4 Å². The van der Waals surface area contributed by atoms with E-state index in [1.165, 1.54) is 0 Å². The molecule has 1 N–H and O–H groups in total. The molecule has 0 spiro atoms. The number of piperazine rings is 1. The van der Waals surface area contributed by atoms with Crippen molar-refractivity contribution in [1.82, 2.24) is 15.2 Å². The van der Waals surface area contributed by atoms with Gasteiger partial charge in [0, 0.05) is 49.8 Å². The second kappa shape index (κ2) is 9.41. The number of aromatic nitrogens is 1. The summed E-state index contributed by atoms with van der Waals surface area (Å²) >= 11 is 0. The van der Waals surface area contributed by atoms with E-state index in [2.05, 4.69) is 15.2 Å². The average molecular weight is 396 g/mol. The summed E-state index contributed by atoms with van der Waals surface area (Å²) in [5.74, 6) is 0.388. The van der Waals surface area contributed by atoms with Gasteiger partial charge in [-0.1, -0.05) is 13.8 Å². The molecule has 154 valence electrons. The highest BCUT2D eigenvalue weighted by molar-refractivity contribution is 5.97. The van der Waals surface area contributed by atoms with E-state index in [4.69, 9.17) is 4.74 Å². The first-order valence-electron chi connectivity index (χ1n) is 9.88. The molecule has 1 aliphatic rings. The highest BCUT2D eigenvalue weighted by Crippen LogP contribution is 2.17. The van der Waals surface area contributed by atoms with Gasteiger partial charge in [-0.3, -0.25) is 14.6 Å². The van der Waals surface area contributed by atoms with Crippen LogP contribution < -0.4 is 15.0 Å². The number of benzene rings is 1. The molecule has 2 heterocycles. The number of carbonyl (C=O) groups is 2. The molecule has 1 saturated heterocycles. The number of amides is 2. The number of hydrogen-bond donors (Lipinski definition) is 1. The molecule has 29 heavy (non-hydrogen) atoms. The lowest BCUT2D eigenvalue weighted by Crippen LogP contribution is -2.56. The topological polar surface area (TPSA) is 74.8 Å². The number of methoxy groups -OCH3 is 1. The van der Waals surface area contributed by atoms with E-state index < -0.39 is 6.04 Å². The summed E-state index contributed by atoms with van der Waals surface area (Å²) in [5, 5.41) is 2.92. The van der Waals surface area contributed by atoms with E-state index in [1.807, 2.05) is 30.9 Å². The number of nitrogens with one attached hydrogen (secondary N) is 1. The van der Waals surface area contributed by atoms with Crippen LogP contribution in [0.5, 0.6) is 5.75 Å². The van der Waals surface area contributed by atoms with Crippen molar-refractivity contribution < 1.29 is 14.3 Å². The summed E-state index contributed by atoms with van der Waals surface area (Å²) in [4.78, 5) is 33.9. The second-order valence-electron chi connectivity index (χ2n) is 7.44. The first kappa shape index (κ1) is 20.6. The normalized spacial score (nSPS) is 15.2. The average Bonchev–Trinajstić information content (AvgIpc) is 2.77. The van der Waals surface area contributed by atoms with Crippen molar-refractivity contribution in [3.05, 3.63) is 54.4 Å². The van der Waals surface area contributed by atoms with Crippen molar-refractivity contribution >= 4 is 17.5 Å². The van der Waals surface area contributed by atoms with Crippen LogP contribution in [0.2, 0.25) is 0 Å². The van der Waals surface area contributed by atoms with Gasteiger partial charge < -0.3 is 19.9 Å². The van der Waals surface area contributed by atoms with Gasteiger partial charge in [0.2, 0.25) is 5.91 Å². The molecule has 0 saturated carbocycles. The first-order valence-corrected chi connectivity index (χ1v) is 9.88. The zero-order valence-electron chi connectivity index (χ0n) is 17.2. The van der Waals surface area contributed by atoms with Crippen LogP contribution in [-0.4, -0.2) is 61.0 Å². The minimum absolute atomic E-state index is 0.0112. The molecule has 1 aromatic carbocycles. The summed E-state index contributed by atoms with van der Waals surface area (Å²) in [5.41, 5.74) is 1.62. The summed E-state index contributed by atoms with van der Waals surface area (Å²) < 4.78 is 5.13. The Kier molecular flexibility index (Phi) is 6.69. The summed E-state index contributed by atoms with van der Waals surface area (Å²) in [7, 11) is 1.58. The highest BCUT2D eigenvalue weighted by atomic mass is 16.5. The number of hydrogen-bond acceptors (Lipinski definition) is 5. The van der Waals surface area contributed by atoms with Crippen LogP contribution in [-0.2, 0) is 4.79 Å². The Morgan fingerprint density at radius 2 is 1.62 bits per heavy atom. The Hall–Kier alpha value is -3.09. The third-order valence-corrected chi connectivity index (χ3v) is 5.19. The molecule has 0 unspecified atom stereocenters. The Labute approximate surface area is 171 Å². The quantitative estimate of drug-likeness (QED) is 0.810. The SMILES string of the molecule is COc1ccc(C(=O)N[C@H](C(=O)N2CCN(c3ccncc3)CC2)C(C)C)cc1. The lowest BCUT2D eigenvalue weighted by Gasteiger charge is -2.38. The molecule has 7 nitrogen and oxygen atoms in total. The van der Waals surface area contributed by atoms with Crippen molar-refractivity contribution in [2.24, 2.45) is 5.92 Å². The second-order valence-corrected chi connectivity index (χ2v) is 7.44. The van der Waals surface area contributed by atoms with Crippen molar-refractivity contribution in [2.45, 2.75) is 19.9 Å². The largest absolute Gasteiger partial charge is 0.497 e.